The first-order valence-corrected chi connectivity index (χ1v) is 35.3. The summed E-state index contributed by atoms with van der Waals surface area (Å²) in [6, 6.07) is -11.7. The summed E-state index contributed by atoms with van der Waals surface area (Å²) in [4.78, 5) is 173. The number of likely N-dealkylation sites (N-methyl/N-ethyl adjacent to an activating group) is 7. The van der Waals surface area contributed by atoms with Crippen LogP contribution in [0.1, 0.15) is 194 Å². The molecule has 12 atom stereocenters. The lowest BCUT2D eigenvalue weighted by Gasteiger charge is -2.41. The van der Waals surface area contributed by atoms with E-state index in [1.54, 1.807) is 34.6 Å². The molecule has 1 aliphatic heterocycles. The predicted molar refractivity (Wildman–Crippen MR) is 367 cm³/mol. The number of aliphatic hydroxyl groups excluding tert-OH is 1. The first kappa shape index (κ1) is 85.5. The Morgan fingerprint density at radius 1 is 0.419 bits per heavy atom. The number of unbranched alkanes of at least 4 members (excludes halogenated alkanes) is 4. The molecular formula is C68H126N12O12S. The van der Waals surface area contributed by atoms with Gasteiger partial charge in [0.2, 0.25) is 59.1 Å². The second-order valence-electron chi connectivity index (χ2n) is 28.6. The summed E-state index contributed by atoms with van der Waals surface area (Å²) in [7, 11) is 10.4. The Labute approximate surface area is 563 Å². The summed E-state index contributed by atoms with van der Waals surface area (Å²) in [6.07, 6.45) is 6.07. The Morgan fingerprint density at radius 3 is 1.31 bits per heavy atom. The van der Waals surface area contributed by atoms with Crippen LogP contribution in [0.25, 0.3) is 0 Å². The summed E-state index contributed by atoms with van der Waals surface area (Å²) in [5, 5.41) is 19.8. The van der Waals surface area contributed by atoms with E-state index in [1.165, 1.54) is 97.5 Å². The van der Waals surface area contributed by atoms with Crippen molar-refractivity contribution in [3.8, 4) is 0 Å². The van der Waals surface area contributed by atoms with Crippen LogP contribution in [0.3, 0.4) is 0 Å². The number of nitrogens with zero attached hydrogens (tertiary/aromatic N) is 7. The van der Waals surface area contributed by atoms with Crippen molar-refractivity contribution in [2.45, 2.75) is 260 Å². The molecule has 25 heteroatoms. The van der Waals surface area contributed by atoms with Crippen molar-refractivity contribution in [2.24, 2.45) is 47.2 Å². The van der Waals surface area contributed by atoms with Crippen molar-refractivity contribution in [3.63, 3.8) is 0 Å². The standard InChI is InChI=1S/C68H126N12O12S/c1-24-49-62(87)80(23)68(93-34-30-29-33-81)67(92)76(19)51(36-41(4)5)60(85)73-55(44(10)11)65(90)74(17)50(35-40(2)3)58(83)70-47(15)57(82)71-48(16)61(86)77(20)53(37-42(6)7)63(88)78(21)54(38-43(8)9)64(89)79(22)56(45(12)13)66(91)75(18)52(59(84)72-49)39-46(14)31-27-25-26-28-32-69/h40-56,68,81H,24-39,69H2,1-23H3,(H,70,83)(H,71,82)(H,72,84)(H,73,85)/t46-,47-,48+,49?,50-,51+,52?,53-,54+,55-,56?,68-/m1/s1. The maximum atomic E-state index is 15.4. The van der Waals surface area contributed by atoms with Crippen LogP contribution in [0.2, 0.25) is 0 Å². The van der Waals surface area contributed by atoms with Crippen molar-refractivity contribution in [2.75, 3.05) is 68.2 Å². The number of thioether (sulfide) groups is 1. The zero-order valence-corrected chi connectivity index (χ0v) is 62.1. The van der Waals surface area contributed by atoms with Gasteiger partial charge < -0.3 is 66.4 Å². The van der Waals surface area contributed by atoms with Gasteiger partial charge >= 0.3 is 0 Å². The summed E-state index contributed by atoms with van der Waals surface area (Å²) in [5.74, 6) is -8.23. The fraction of sp³-hybridized carbons (Fsp3) is 0.838. The number of hydrogen-bond acceptors (Lipinski definition) is 14. The number of aliphatic hydroxyl groups is 1. The molecule has 0 aliphatic carbocycles. The largest absolute Gasteiger partial charge is 0.396 e. The summed E-state index contributed by atoms with van der Waals surface area (Å²) < 4.78 is 0. The van der Waals surface area contributed by atoms with Crippen LogP contribution >= 0.6 is 11.8 Å². The number of carbonyl (C=O) groups is 11. The average molecular weight is 1340 g/mol. The molecular weight excluding hydrogens is 1210 g/mol. The highest BCUT2D eigenvalue weighted by atomic mass is 32.2. The zero-order valence-electron chi connectivity index (χ0n) is 61.3. The maximum absolute atomic E-state index is 15.4. The Bertz CT molecular complexity index is 2430. The number of amides is 11. The van der Waals surface area contributed by atoms with E-state index in [2.05, 4.69) is 21.3 Å². The molecule has 0 aromatic carbocycles. The smallest absolute Gasteiger partial charge is 0.256 e. The molecule has 0 spiro atoms. The highest BCUT2D eigenvalue weighted by molar-refractivity contribution is 8.00. The van der Waals surface area contributed by atoms with Crippen molar-refractivity contribution < 1.29 is 57.8 Å². The van der Waals surface area contributed by atoms with E-state index in [9.17, 15) is 29.1 Å². The first-order valence-electron chi connectivity index (χ1n) is 34.3. The third-order valence-corrected chi connectivity index (χ3v) is 19.1. The highest BCUT2D eigenvalue weighted by Crippen LogP contribution is 2.28. The molecule has 0 radical (unpaired) electrons. The van der Waals surface area contributed by atoms with Crippen LogP contribution in [0.15, 0.2) is 0 Å². The predicted octanol–water partition coefficient (Wildman–Crippen LogP) is 5.07. The van der Waals surface area contributed by atoms with Gasteiger partial charge in [0.1, 0.15) is 60.4 Å². The zero-order chi connectivity index (χ0) is 71.6. The quantitative estimate of drug-likeness (QED) is 0.0688. The molecule has 93 heavy (non-hydrogen) atoms. The maximum Gasteiger partial charge on any atom is 0.256 e. The van der Waals surface area contributed by atoms with Crippen molar-refractivity contribution in [1.29, 1.82) is 0 Å². The molecule has 1 fully saturated rings. The molecule has 1 heterocycles. The number of nitrogens with two attached hydrogens (primary N) is 1. The van der Waals surface area contributed by atoms with E-state index in [-0.39, 0.29) is 74.7 Å². The molecule has 11 amide bonds. The van der Waals surface area contributed by atoms with Crippen molar-refractivity contribution in [1.82, 2.24) is 55.6 Å². The van der Waals surface area contributed by atoms with Crippen molar-refractivity contribution >= 4 is 76.7 Å². The molecule has 536 valence electrons. The molecule has 1 aliphatic rings. The van der Waals surface area contributed by atoms with Gasteiger partial charge in [0.25, 0.3) is 5.91 Å². The molecule has 1 saturated heterocycles. The van der Waals surface area contributed by atoms with E-state index in [0.29, 0.717) is 31.6 Å². The van der Waals surface area contributed by atoms with Crippen LogP contribution in [-0.4, -0.2) is 238 Å². The molecule has 24 nitrogen and oxygen atoms in total. The van der Waals surface area contributed by atoms with Gasteiger partial charge in [-0.25, -0.2) is 0 Å². The van der Waals surface area contributed by atoms with Gasteiger partial charge in [0.05, 0.1) is 0 Å². The Hall–Kier alpha value is -5.56. The molecule has 0 saturated carbocycles. The van der Waals surface area contributed by atoms with Gasteiger partial charge in [0, 0.05) is 55.9 Å². The Morgan fingerprint density at radius 2 is 0.839 bits per heavy atom. The minimum Gasteiger partial charge on any atom is -0.396 e. The topological polar surface area (TPSA) is 305 Å². The Kier molecular flexibility index (Phi) is 38.1. The average Bonchev–Trinajstić information content (AvgIpc) is 0.880. The van der Waals surface area contributed by atoms with Gasteiger partial charge in [-0.1, -0.05) is 123 Å². The van der Waals surface area contributed by atoms with Crippen LogP contribution in [0, 0.1) is 41.4 Å². The van der Waals surface area contributed by atoms with Gasteiger partial charge in [-0.15, -0.1) is 11.8 Å². The fourth-order valence-corrected chi connectivity index (χ4v) is 13.1. The summed E-state index contributed by atoms with van der Waals surface area (Å²) in [6.45, 7) is 29.2. The van der Waals surface area contributed by atoms with E-state index in [1.807, 2.05) is 62.3 Å². The lowest BCUT2D eigenvalue weighted by Crippen LogP contribution is -2.62. The van der Waals surface area contributed by atoms with Gasteiger partial charge in [0.15, 0.2) is 5.37 Å². The first-order chi connectivity index (χ1) is 43.2. The number of rotatable bonds is 24. The minimum atomic E-state index is -1.25. The number of hydrogen-bond donors (Lipinski definition) is 6. The third kappa shape index (κ3) is 26.2. The molecule has 0 aromatic rings. The van der Waals surface area contributed by atoms with Crippen LogP contribution in [0.4, 0.5) is 0 Å². The monoisotopic (exact) mass is 1330 g/mol. The molecule has 0 bridgehead atoms. The normalized spacial score (nSPS) is 26.0. The SMILES string of the molecule is CCC1NC(=O)C(C[C@H](C)CCCCCCN)N(C)C(=O)C(C(C)C)N(C)C(=O)[C@H](CC(C)C)N(C)C(=O)[C@@H](CC(C)C)N(C)C(=O)[C@H](C)NC(=O)[C@@H](C)NC(=O)[C@@H](CC(C)C)N(C)C(=O)[C@@H](C(C)C)NC(=O)[C@H](CC(C)C)N(C)C(=O)[C@@H](SCCCCO)N(C)C1=O. The van der Waals surface area contributed by atoms with Crippen LogP contribution in [0.5, 0.6) is 0 Å². The van der Waals surface area contributed by atoms with Gasteiger partial charge in [-0.2, -0.15) is 0 Å². The van der Waals surface area contributed by atoms with E-state index in [0.717, 1.165) is 37.4 Å². The van der Waals surface area contributed by atoms with Gasteiger partial charge in [-0.05, 0) is 125 Å². The third-order valence-electron chi connectivity index (χ3n) is 17.7. The van der Waals surface area contributed by atoms with E-state index in [4.69, 9.17) is 5.73 Å². The molecule has 3 unspecified atom stereocenters. The van der Waals surface area contributed by atoms with Crippen molar-refractivity contribution in [3.05, 3.63) is 0 Å². The van der Waals surface area contributed by atoms with Crippen LogP contribution in [-0.2, 0) is 52.7 Å². The second kappa shape index (κ2) is 41.4. The van der Waals surface area contributed by atoms with Crippen LogP contribution < -0.4 is 27.0 Å². The molecule has 1 rings (SSSR count). The molecule has 7 N–H and O–H groups in total. The van der Waals surface area contributed by atoms with Gasteiger partial charge in [-0.3, -0.25) is 52.7 Å². The highest BCUT2D eigenvalue weighted by Gasteiger charge is 2.45. The van der Waals surface area contributed by atoms with E-state index >= 15 is 28.8 Å². The van der Waals surface area contributed by atoms with E-state index < -0.39 is 143 Å². The lowest BCUT2D eigenvalue weighted by molar-refractivity contribution is -0.156. The summed E-state index contributed by atoms with van der Waals surface area (Å²) in [5.41, 5.74) is 5.79. The lowest BCUT2D eigenvalue weighted by atomic mass is 9.92. The fourth-order valence-electron chi connectivity index (χ4n) is 11.9. The second-order valence-corrected chi connectivity index (χ2v) is 29.8. The Balaban J connectivity index is 4.47. The summed E-state index contributed by atoms with van der Waals surface area (Å²) >= 11 is 1.14. The molecule has 0 aromatic heterocycles. The number of nitrogens with one attached hydrogen (secondary N) is 4. The number of carbonyl (C=O) groups excluding carboxylic acids is 11. The minimum absolute atomic E-state index is 0.0728.